The van der Waals surface area contributed by atoms with E-state index in [4.69, 9.17) is 4.74 Å². The zero-order valence-corrected chi connectivity index (χ0v) is 16.6. The first kappa shape index (κ1) is 19.5. The lowest BCUT2D eigenvalue weighted by Crippen LogP contribution is -2.23. The molecule has 0 radical (unpaired) electrons. The Balaban J connectivity index is 1.22. The van der Waals surface area contributed by atoms with Gasteiger partial charge in [-0.3, -0.25) is 4.79 Å². The second-order valence-electron chi connectivity index (χ2n) is 6.92. The second kappa shape index (κ2) is 9.56. The van der Waals surface area contributed by atoms with Crippen LogP contribution in [-0.4, -0.2) is 21.8 Å². The maximum Gasteiger partial charge on any atom is 0.244 e. The predicted molar refractivity (Wildman–Crippen MR) is 118 cm³/mol. The molecule has 150 valence electrons. The van der Waals surface area contributed by atoms with Crippen LogP contribution in [0, 0.1) is 0 Å². The molecule has 0 aliphatic rings. The average Bonchev–Trinajstić information content (AvgIpc) is 3.20. The third-order valence-corrected chi connectivity index (χ3v) is 4.65. The Morgan fingerprint density at radius 2 is 1.80 bits per heavy atom. The monoisotopic (exact) mass is 397 g/mol. The van der Waals surface area contributed by atoms with Gasteiger partial charge in [-0.15, -0.1) is 0 Å². The van der Waals surface area contributed by atoms with E-state index in [1.807, 2.05) is 89.6 Å². The molecular weight excluding hydrogens is 374 g/mol. The van der Waals surface area contributed by atoms with Crippen molar-refractivity contribution < 1.29 is 9.53 Å². The Morgan fingerprint density at radius 3 is 2.60 bits per heavy atom. The van der Waals surface area contributed by atoms with E-state index in [1.165, 1.54) is 0 Å². The first-order valence-corrected chi connectivity index (χ1v) is 9.91. The molecule has 0 saturated carbocycles. The summed E-state index contributed by atoms with van der Waals surface area (Å²) < 4.78 is 7.76. The van der Waals surface area contributed by atoms with Gasteiger partial charge >= 0.3 is 0 Å². The van der Waals surface area contributed by atoms with Crippen molar-refractivity contribution >= 4 is 17.6 Å². The van der Waals surface area contributed by atoms with E-state index in [9.17, 15) is 4.79 Å². The van der Waals surface area contributed by atoms with Crippen LogP contribution in [0.15, 0.2) is 91.3 Å². The number of imidazole rings is 1. The number of fused-ring (bicyclic) bond motifs is 1. The summed E-state index contributed by atoms with van der Waals surface area (Å²) in [5.74, 6) is 0.677. The van der Waals surface area contributed by atoms with E-state index in [0.29, 0.717) is 19.6 Å². The van der Waals surface area contributed by atoms with Crippen LogP contribution in [0.4, 0.5) is 0 Å². The quantitative estimate of drug-likeness (QED) is 0.452. The van der Waals surface area contributed by atoms with Crippen LogP contribution in [0.25, 0.3) is 11.7 Å². The lowest BCUT2D eigenvalue weighted by molar-refractivity contribution is -0.116. The van der Waals surface area contributed by atoms with Crippen molar-refractivity contribution in [1.29, 1.82) is 0 Å². The summed E-state index contributed by atoms with van der Waals surface area (Å²) in [6, 6.07) is 23.6. The van der Waals surface area contributed by atoms with E-state index >= 15 is 0 Å². The number of carbonyl (C=O) groups excluding carboxylic acids is 1. The summed E-state index contributed by atoms with van der Waals surface area (Å²) >= 11 is 0. The lowest BCUT2D eigenvalue weighted by Gasteiger charge is -2.06. The summed E-state index contributed by atoms with van der Waals surface area (Å²) in [5.41, 5.74) is 3.94. The van der Waals surface area contributed by atoms with Crippen LogP contribution >= 0.6 is 0 Å². The number of hydrogen-bond acceptors (Lipinski definition) is 3. The Morgan fingerprint density at radius 1 is 1.00 bits per heavy atom. The number of hydrogen-bond donors (Lipinski definition) is 1. The molecule has 0 bridgehead atoms. The minimum atomic E-state index is -0.122. The number of pyridine rings is 1. The van der Waals surface area contributed by atoms with E-state index in [-0.39, 0.29) is 5.91 Å². The summed E-state index contributed by atoms with van der Waals surface area (Å²) in [4.78, 5) is 16.6. The van der Waals surface area contributed by atoms with Crippen molar-refractivity contribution in [3.8, 4) is 5.75 Å². The molecule has 0 saturated heterocycles. The normalized spacial score (nSPS) is 11.1. The maximum absolute atomic E-state index is 12.1. The molecule has 5 heteroatoms. The molecule has 1 N–H and O–H groups in total. The number of aromatic nitrogens is 2. The largest absolute Gasteiger partial charge is 0.489 e. The van der Waals surface area contributed by atoms with Crippen molar-refractivity contribution in [2.75, 3.05) is 6.54 Å². The third-order valence-electron chi connectivity index (χ3n) is 4.65. The SMILES string of the molecule is O=C(/C=C/c1ccc(OCc2ccccc2)cc1)NCCc1cn2ccccc2n1. The smallest absolute Gasteiger partial charge is 0.244 e. The van der Waals surface area contributed by atoms with E-state index in [2.05, 4.69) is 10.3 Å². The van der Waals surface area contributed by atoms with Gasteiger partial charge in [0.2, 0.25) is 5.91 Å². The topological polar surface area (TPSA) is 55.6 Å². The Bertz CT molecular complexity index is 1100. The zero-order valence-electron chi connectivity index (χ0n) is 16.6. The van der Waals surface area contributed by atoms with Gasteiger partial charge in [0.25, 0.3) is 0 Å². The van der Waals surface area contributed by atoms with Crippen LogP contribution in [-0.2, 0) is 17.8 Å². The number of rotatable bonds is 8. The van der Waals surface area contributed by atoms with Crippen LogP contribution in [0.1, 0.15) is 16.8 Å². The highest BCUT2D eigenvalue weighted by atomic mass is 16.5. The highest BCUT2D eigenvalue weighted by Gasteiger charge is 2.02. The number of nitrogens with zero attached hydrogens (tertiary/aromatic N) is 2. The number of amides is 1. The lowest BCUT2D eigenvalue weighted by atomic mass is 10.2. The minimum absolute atomic E-state index is 0.122. The fourth-order valence-electron chi connectivity index (χ4n) is 3.07. The number of carbonyl (C=O) groups is 1. The Labute approximate surface area is 175 Å². The summed E-state index contributed by atoms with van der Waals surface area (Å²) in [6.07, 6.45) is 7.98. The molecule has 30 heavy (non-hydrogen) atoms. The molecule has 1 amide bonds. The van der Waals surface area contributed by atoms with Crippen molar-refractivity contribution in [1.82, 2.24) is 14.7 Å². The first-order valence-electron chi connectivity index (χ1n) is 9.91. The molecule has 5 nitrogen and oxygen atoms in total. The van der Waals surface area contributed by atoms with Crippen LogP contribution in [0.5, 0.6) is 5.75 Å². The summed E-state index contributed by atoms with van der Waals surface area (Å²) in [7, 11) is 0. The second-order valence-corrected chi connectivity index (χ2v) is 6.92. The van der Waals surface area contributed by atoms with Gasteiger partial charge in [-0.1, -0.05) is 48.5 Å². The van der Waals surface area contributed by atoms with E-state index in [0.717, 1.165) is 28.2 Å². The molecule has 4 aromatic rings. The molecule has 2 aromatic carbocycles. The fraction of sp³-hybridized carbons (Fsp3) is 0.120. The molecule has 0 aliphatic carbocycles. The van der Waals surface area contributed by atoms with Crippen molar-refractivity contribution in [3.05, 3.63) is 108 Å². The molecule has 2 heterocycles. The number of nitrogens with one attached hydrogen (secondary N) is 1. The number of ether oxygens (including phenoxy) is 1. The van der Waals surface area contributed by atoms with Gasteiger partial charge in [0.1, 0.15) is 18.0 Å². The molecule has 0 fully saturated rings. The standard InChI is InChI=1S/C25H23N3O2/c29-25(26-16-15-22-18-28-17-5-4-8-24(28)27-22)14-11-20-9-12-23(13-10-20)30-19-21-6-2-1-3-7-21/h1-14,17-18H,15-16,19H2,(H,26,29)/b14-11+. The number of benzene rings is 2. The summed E-state index contributed by atoms with van der Waals surface area (Å²) in [5, 5.41) is 2.90. The van der Waals surface area contributed by atoms with E-state index in [1.54, 1.807) is 12.2 Å². The van der Waals surface area contributed by atoms with Gasteiger partial charge in [-0.2, -0.15) is 0 Å². The third kappa shape index (κ3) is 5.35. The van der Waals surface area contributed by atoms with Gasteiger partial charge < -0.3 is 14.5 Å². The molecule has 2 aromatic heterocycles. The van der Waals surface area contributed by atoms with Crippen LogP contribution < -0.4 is 10.1 Å². The van der Waals surface area contributed by atoms with Crippen molar-refractivity contribution in [2.24, 2.45) is 0 Å². The van der Waals surface area contributed by atoms with Gasteiger partial charge in [0, 0.05) is 31.4 Å². The van der Waals surface area contributed by atoms with Crippen LogP contribution in [0.3, 0.4) is 0 Å². The van der Waals surface area contributed by atoms with Gasteiger partial charge in [0.15, 0.2) is 0 Å². The molecule has 4 rings (SSSR count). The average molecular weight is 397 g/mol. The molecule has 0 atom stereocenters. The van der Waals surface area contributed by atoms with Crippen molar-refractivity contribution in [2.45, 2.75) is 13.0 Å². The fourth-order valence-corrected chi connectivity index (χ4v) is 3.07. The van der Waals surface area contributed by atoms with Gasteiger partial charge in [-0.25, -0.2) is 4.98 Å². The summed E-state index contributed by atoms with van der Waals surface area (Å²) in [6.45, 7) is 1.07. The highest BCUT2D eigenvalue weighted by Crippen LogP contribution is 2.15. The maximum atomic E-state index is 12.1. The van der Waals surface area contributed by atoms with Crippen molar-refractivity contribution in [3.63, 3.8) is 0 Å². The Kier molecular flexibility index (Phi) is 6.20. The molecular formula is C25H23N3O2. The minimum Gasteiger partial charge on any atom is -0.489 e. The predicted octanol–water partition coefficient (Wildman–Crippen LogP) is 4.29. The van der Waals surface area contributed by atoms with Gasteiger partial charge in [-0.05, 0) is 41.5 Å². The van der Waals surface area contributed by atoms with Crippen LogP contribution in [0.2, 0.25) is 0 Å². The molecule has 0 spiro atoms. The molecule has 0 aliphatic heterocycles. The first-order chi connectivity index (χ1) is 14.8. The molecule has 0 unspecified atom stereocenters. The van der Waals surface area contributed by atoms with Gasteiger partial charge in [0.05, 0.1) is 5.69 Å². The van der Waals surface area contributed by atoms with E-state index < -0.39 is 0 Å². The Hall–Kier alpha value is -3.86. The zero-order chi connectivity index (χ0) is 20.6. The highest BCUT2D eigenvalue weighted by molar-refractivity contribution is 5.91.